The van der Waals surface area contributed by atoms with Crippen LogP contribution in [0.3, 0.4) is 0 Å². The van der Waals surface area contributed by atoms with Gasteiger partial charge in [0.15, 0.2) is 11.0 Å². The molecule has 10 heteroatoms. The molecule has 0 fully saturated rings. The van der Waals surface area contributed by atoms with Crippen LogP contribution in [0.2, 0.25) is 0 Å². The molecule has 0 saturated heterocycles. The molecular weight excluding hydrogens is 408 g/mol. The lowest BCUT2D eigenvalue weighted by Gasteiger charge is -2.11. The molecule has 1 aliphatic rings. The smallest absolute Gasteiger partial charge is 0.251 e. The first-order chi connectivity index (χ1) is 14.0. The molecule has 1 aliphatic carbocycles. The van der Waals surface area contributed by atoms with Crippen molar-refractivity contribution in [1.82, 2.24) is 19.7 Å². The Hall–Kier alpha value is -2.72. The number of anilines is 1. The van der Waals surface area contributed by atoms with Crippen LogP contribution >= 0.6 is 23.1 Å². The summed E-state index contributed by atoms with van der Waals surface area (Å²) < 4.78 is 1.84. The zero-order valence-electron chi connectivity index (χ0n) is 15.8. The van der Waals surface area contributed by atoms with Gasteiger partial charge >= 0.3 is 0 Å². The number of amides is 2. The molecule has 0 aromatic carbocycles. The van der Waals surface area contributed by atoms with Crippen molar-refractivity contribution >= 4 is 39.9 Å². The van der Waals surface area contributed by atoms with Crippen LogP contribution in [-0.2, 0) is 24.7 Å². The topological polar surface area (TPSA) is 116 Å². The SMILES string of the molecule is Cn1c(SCC(=O)Nc2sc3c(c2C(N)=O)CCCC3)nnc1-c1ccncc1. The molecule has 3 aromatic heterocycles. The average Bonchev–Trinajstić information content (AvgIpc) is 3.27. The molecule has 0 radical (unpaired) electrons. The summed E-state index contributed by atoms with van der Waals surface area (Å²) in [5.41, 5.74) is 7.97. The molecule has 3 heterocycles. The molecule has 4 rings (SSSR count). The van der Waals surface area contributed by atoms with E-state index >= 15 is 0 Å². The second kappa shape index (κ2) is 8.34. The molecule has 0 unspecified atom stereocenters. The highest BCUT2D eigenvalue weighted by molar-refractivity contribution is 7.99. The molecule has 0 spiro atoms. The van der Waals surface area contributed by atoms with Crippen molar-refractivity contribution in [2.45, 2.75) is 30.8 Å². The van der Waals surface area contributed by atoms with E-state index in [4.69, 9.17) is 5.73 Å². The highest BCUT2D eigenvalue weighted by Crippen LogP contribution is 2.38. The van der Waals surface area contributed by atoms with Crippen LogP contribution in [-0.4, -0.2) is 37.3 Å². The van der Waals surface area contributed by atoms with E-state index in [2.05, 4.69) is 20.5 Å². The summed E-state index contributed by atoms with van der Waals surface area (Å²) in [4.78, 5) is 29.6. The van der Waals surface area contributed by atoms with Gasteiger partial charge in [0.25, 0.3) is 5.91 Å². The fourth-order valence-electron chi connectivity index (χ4n) is 3.40. The second-order valence-electron chi connectivity index (χ2n) is 6.72. The lowest BCUT2D eigenvalue weighted by Crippen LogP contribution is -2.19. The van der Waals surface area contributed by atoms with Crippen LogP contribution in [0.4, 0.5) is 5.00 Å². The van der Waals surface area contributed by atoms with Crippen molar-refractivity contribution in [2.24, 2.45) is 12.8 Å². The Morgan fingerprint density at radius 2 is 2.00 bits per heavy atom. The van der Waals surface area contributed by atoms with Crippen LogP contribution in [0.5, 0.6) is 0 Å². The number of hydrogen-bond acceptors (Lipinski definition) is 7. The van der Waals surface area contributed by atoms with E-state index in [1.807, 2.05) is 23.7 Å². The number of carbonyl (C=O) groups is 2. The monoisotopic (exact) mass is 428 g/mol. The quantitative estimate of drug-likeness (QED) is 0.583. The Morgan fingerprint density at radius 1 is 1.24 bits per heavy atom. The van der Waals surface area contributed by atoms with Crippen LogP contribution in [0.25, 0.3) is 11.4 Å². The van der Waals surface area contributed by atoms with Crippen molar-refractivity contribution in [3.63, 3.8) is 0 Å². The first-order valence-corrected chi connectivity index (χ1v) is 11.0. The van der Waals surface area contributed by atoms with Crippen LogP contribution in [0.1, 0.15) is 33.6 Å². The van der Waals surface area contributed by atoms with Gasteiger partial charge in [0.1, 0.15) is 5.00 Å². The summed E-state index contributed by atoms with van der Waals surface area (Å²) in [5, 5.41) is 12.4. The standard InChI is InChI=1S/C19H20N6O2S2/c1-25-17(11-6-8-21-9-7-11)23-24-19(25)28-10-14(26)22-18-15(16(20)27)12-4-2-3-5-13(12)29-18/h6-9H,2-5,10H2,1H3,(H2,20,27)(H,22,26). The van der Waals surface area contributed by atoms with E-state index in [0.29, 0.717) is 21.5 Å². The Balaban J connectivity index is 1.45. The van der Waals surface area contributed by atoms with Gasteiger partial charge in [-0.15, -0.1) is 21.5 Å². The average molecular weight is 429 g/mol. The Morgan fingerprint density at radius 3 is 2.76 bits per heavy atom. The second-order valence-corrected chi connectivity index (χ2v) is 8.76. The number of nitrogens with two attached hydrogens (primary N) is 1. The van der Waals surface area contributed by atoms with E-state index in [1.165, 1.54) is 23.1 Å². The van der Waals surface area contributed by atoms with Gasteiger partial charge in [0, 0.05) is 29.9 Å². The summed E-state index contributed by atoms with van der Waals surface area (Å²) in [6.07, 6.45) is 7.30. The van der Waals surface area contributed by atoms with Gasteiger partial charge in [-0.2, -0.15) is 0 Å². The van der Waals surface area contributed by atoms with Gasteiger partial charge in [-0.3, -0.25) is 14.6 Å². The van der Waals surface area contributed by atoms with Crippen LogP contribution in [0, 0.1) is 0 Å². The molecule has 0 aliphatic heterocycles. The van der Waals surface area contributed by atoms with Crippen molar-refractivity contribution in [3.8, 4) is 11.4 Å². The van der Waals surface area contributed by atoms with Crippen LogP contribution in [0.15, 0.2) is 29.7 Å². The number of nitrogens with zero attached hydrogens (tertiary/aromatic N) is 4. The lowest BCUT2D eigenvalue weighted by atomic mass is 9.95. The summed E-state index contributed by atoms with van der Waals surface area (Å²) in [6.45, 7) is 0. The maximum Gasteiger partial charge on any atom is 0.251 e. The summed E-state index contributed by atoms with van der Waals surface area (Å²) >= 11 is 2.75. The molecule has 3 aromatic rings. The summed E-state index contributed by atoms with van der Waals surface area (Å²) in [5.74, 6) is 0.174. The molecule has 2 amide bonds. The van der Waals surface area contributed by atoms with Gasteiger partial charge in [-0.1, -0.05) is 11.8 Å². The van der Waals surface area contributed by atoms with Crippen molar-refractivity contribution < 1.29 is 9.59 Å². The summed E-state index contributed by atoms with van der Waals surface area (Å²) in [6, 6.07) is 3.71. The minimum Gasteiger partial charge on any atom is -0.365 e. The zero-order chi connectivity index (χ0) is 20.4. The highest BCUT2D eigenvalue weighted by atomic mass is 32.2. The summed E-state index contributed by atoms with van der Waals surface area (Å²) in [7, 11) is 1.86. The fourth-order valence-corrected chi connectivity index (χ4v) is 5.42. The number of fused-ring (bicyclic) bond motifs is 1. The maximum atomic E-state index is 12.5. The number of thioether (sulfide) groups is 1. The first-order valence-electron chi connectivity index (χ1n) is 9.21. The number of aromatic nitrogens is 4. The number of nitrogens with one attached hydrogen (secondary N) is 1. The Labute approximate surface area is 175 Å². The van der Waals surface area contributed by atoms with E-state index in [9.17, 15) is 9.59 Å². The van der Waals surface area contributed by atoms with Gasteiger partial charge in [-0.05, 0) is 43.4 Å². The first kappa shape index (κ1) is 19.6. The molecule has 3 N–H and O–H groups in total. The van der Waals surface area contributed by atoms with E-state index in [0.717, 1.165) is 41.7 Å². The molecule has 0 atom stereocenters. The molecule has 8 nitrogen and oxygen atoms in total. The minimum absolute atomic E-state index is 0.156. The Kier molecular flexibility index (Phi) is 5.63. The van der Waals surface area contributed by atoms with Gasteiger partial charge < -0.3 is 15.6 Å². The Bertz CT molecular complexity index is 1060. The number of rotatable bonds is 6. The number of pyridine rings is 1. The normalized spacial score (nSPS) is 13.1. The predicted molar refractivity (Wildman–Crippen MR) is 113 cm³/mol. The molecular formula is C19H20N6O2S2. The lowest BCUT2D eigenvalue weighted by molar-refractivity contribution is -0.113. The third kappa shape index (κ3) is 4.03. The van der Waals surface area contributed by atoms with Gasteiger partial charge in [0.05, 0.1) is 11.3 Å². The van der Waals surface area contributed by atoms with E-state index in [-0.39, 0.29) is 11.7 Å². The molecule has 29 heavy (non-hydrogen) atoms. The minimum atomic E-state index is -0.484. The zero-order valence-corrected chi connectivity index (χ0v) is 17.5. The third-order valence-corrected chi connectivity index (χ3v) is 7.00. The number of aryl methyl sites for hydroxylation is 1. The van der Waals surface area contributed by atoms with Gasteiger partial charge in [-0.25, -0.2) is 0 Å². The highest BCUT2D eigenvalue weighted by Gasteiger charge is 2.25. The predicted octanol–water partition coefficient (Wildman–Crippen LogP) is 2.65. The van der Waals surface area contributed by atoms with Crippen molar-refractivity contribution in [1.29, 1.82) is 0 Å². The molecule has 0 bridgehead atoms. The van der Waals surface area contributed by atoms with Crippen molar-refractivity contribution in [2.75, 3.05) is 11.1 Å². The maximum absolute atomic E-state index is 12.5. The largest absolute Gasteiger partial charge is 0.365 e. The number of thiophene rings is 1. The number of carbonyl (C=O) groups excluding carboxylic acids is 2. The fraction of sp³-hybridized carbons (Fsp3) is 0.316. The van der Waals surface area contributed by atoms with E-state index < -0.39 is 5.91 Å². The van der Waals surface area contributed by atoms with Crippen LogP contribution < -0.4 is 11.1 Å². The van der Waals surface area contributed by atoms with Gasteiger partial charge in [0.2, 0.25) is 5.91 Å². The van der Waals surface area contributed by atoms with E-state index in [1.54, 1.807) is 12.4 Å². The number of hydrogen-bond donors (Lipinski definition) is 2. The molecule has 150 valence electrons. The number of primary amides is 1. The molecule has 0 saturated carbocycles. The third-order valence-electron chi connectivity index (χ3n) is 4.78. The van der Waals surface area contributed by atoms with Crippen molar-refractivity contribution in [3.05, 3.63) is 40.5 Å².